The van der Waals surface area contributed by atoms with E-state index in [1.165, 1.54) is 11.1 Å². The Morgan fingerprint density at radius 3 is 1.90 bits per heavy atom. The van der Waals surface area contributed by atoms with Gasteiger partial charge in [0, 0.05) is 5.57 Å². The summed E-state index contributed by atoms with van der Waals surface area (Å²) in [7, 11) is 1.69. The highest BCUT2D eigenvalue weighted by molar-refractivity contribution is 5.89. The fourth-order valence-electron chi connectivity index (χ4n) is 3.44. The molecule has 0 fully saturated rings. The number of hydrogen-bond donors (Lipinski definition) is 0. The SMILES string of the molecule is C=C(C)C(=O)Oc1ccc(-c2ccc(CCCCc3ccc(OC)cc3)cc2)cc1C. The van der Waals surface area contributed by atoms with Gasteiger partial charge in [-0.25, -0.2) is 4.79 Å². The van der Waals surface area contributed by atoms with Crippen molar-refractivity contribution in [1.29, 1.82) is 0 Å². The average molecular weight is 415 g/mol. The molecule has 0 amide bonds. The lowest BCUT2D eigenvalue weighted by molar-refractivity contribution is -0.130. The van der Waals surface area contributed by atoms with E-state index in [2.05, 4.69) is 43.0 Å². The van der Waals surface area contributed by atoms with Crippen molar-refractivity contribution in [2.45, 2.75) is 39.5 Å². The van der Waals surface area contributed by atoms with E-state index in [-0.39, 0.29) is 0 Å². The number of esters is 1. The number of hydrogen-bond acceptors (Lipinski definition) is 3. The Bertz CT molecular complexity index is 1030. The number of methoxy groups -OCH3 is 1. The lowest BCUT2D eigenvalue weighted by Crippen LogP contribution is -2.09. The highest BCUT2D eigenvalue weighted by atomic mass is 16.5. The van der Waals surface area contributed by atoms with E-state index in [1.54, 1.807) is 14.0 Å². The number of unbranched alkanes of at least 4 members (excludes halogenated alkanes) is 1. The van der Waals surface area contributed by atoms with Gasteiger partial charge in [-0.15, -0.1) is 0 Å². The van der Waals surface area contributed by atoms with Crippen LogP contribution in [0.25, 0.3) is 11.1 Å². The van der Waals surface area contributed by atoms with Crippen molar-refractivity contribution in [3.05, 3.63) is 95.6 Å². The van der Waals surface area contributed by atoms with Gasteiger partial charge in [0.2, 0.25) is 0 Å². The summed E-state index contributed by atoms with van der Waals surface area (Å²) in [5, 5.41) is 0. The third-order valence-electron chi connectivity index (χ3n) is 5.35. The van der Waals surface area contributed by atoms with Gasteiger partial charge in [-0.3, -0.25) is 0 Å². The van der Waals surface area contributed by atoms with E-state index in [9.17, 15) is 4.79 Å². The first-order valence-corrected chi connectivity index (χ1v) is 10.7. The Kier molecular flexibility index (Phi) is 7.66. The molecule has 0 saturated heterocycles. The maximum Gasteiger partial charge on any atom is 0.338 e. The molecule has 0 N–H and O–H groups in total. The minimum absolute atomic E-state index is 0.392. The fourth-order valence-corrected chi connectivity index (χ4v) is 3.44. The van der Waals surface area contributed by atoms with Crippen molar-refractivity contribution in [1.82, 2.24) is 0 Å². The molecule has 3 heteroatoms. The molecule has 0 atom stereocenters. The van der Waals surface area contributed by atoms with Gasteiger partial charge < -0.3 is 9.47 Å². The minimum Gasteiger partial charge on any atom is -0.497 e. The van der Waals surface area contributed by atoms with Crippen LogP contribution in [0.2, 0.25) is 0 Å². The second-order valence-corrected chi connectivity index (χ2v) is 7.90. The molecule has 0 spiro atoms. The van der Waals surface area contributed by atoms with Gasteiger partial charge in [-0.1, -0.05) is 49.0 Å². The number of carbonyl (C=O) groups is 1. The number of carbonyl (C=O) groups excluding carboxylic acids is 1. The number of rotatable bonds is 9. The zero-order chi connectivity index (χ0) is 22.2. The fraction of sp³-hybridized carbons (Fsp3) is 0.250. The van der Waals surface area contributed by atoms with Gasteiger partial charge in [-0.05, 0) is 91.6 Å². The summed E-state index contributed by atoms with van der Waals surface area (Å²) in [5.74, 6) is 1.08. The molecule has 0 aromatic heterocycles. The molecule has 0 aliphatic rings. The molecule has 3 rings (SSSR count). The molecule has 0 unspecified atom stereocenters. The Balaban J connectivity index is 1.53. The molecule has 0 aliphatic carbocycles. The number of ether oxygens (including phenoxy) is 2. The zero-order valence-corrected chi connectivity index (χ0v) is 18.6. The summed E-state index contributed by atoms with van der Waals surface area (Å²) < 4.78 is 10.6. The van der Waals surface area contributed by atoms with Gasteiger partial charge in [0.25, 0.3) is 0 Å². The van der Waals surface area contributed by atoms with Crippen LogP contribution in [-0.2, 0) is 17.6 Å². The van der Waals surface area contributed by atoms with E-state index in [0.29, 0.717) is 11.3 Å². The number of benzene rings is 3. The third-order valence-corrected chi connectivity index (χ3v) is 5.35. The molecule has 3 aromatic carbocycles. The van der Waals surface area contributed by atoms with Crippen LogP contribution in [0, 0.1) is 6.92 Å². The van der Waals surface area contributed by atoms with Crippen LogP contribution in [0.15, 0.2) is 78.9 Å². The summed E-state index contributed by atoms with van der Waals surface area (Å²) in [4.78, 5) is 11.7. The second kappa shape index (κ2) is 10.6. The van der Waals surface area contributed by atoms with Crippen molar-refractivity contribution in [3.63, 3.8) is 0 Å². The Morgan fingerprint density at radius 1 is 0.839 bits per heavy atom. The summed E-state index contributed by atoms with van der Waals surface area (Å²) in [6, 6.07) is 22.9. The zero-order valence-electron chi connectivity index (χ0n) is 18.6. The third kappa shape index (κ3) is 6.32. The van der Waals surface area contributed by atoms with Gasteiger partial charge in [0.15, 0.2) is 0 Å². The van der Waals surface area contributed by atoms with Gasteiger partial charge in [0.1, 0.15) is 11.5 Å². The average Bonchev–Trinajstić information content (AvgIpc) is 2.78. The van der Waals surface area contributed by atoms with E-state index < -0.39 is 5.97 Å². The Morgan fingerprint density at radius 2 is 1.39 bits per heavy atom. The lowest BCUT2D eigenvalue weighted by atomic mass is 9.99. The maximum atomic E-state index is 11.7. The first-order valence-electron chi connectivity index (χ1n) is 10.7. The van der Waals surface area contributed by atoms with Crippen molar-refractivity contribution >= 4 is 5.97 Å². The van der Waals surface area contributed by atoms with Crippen molar-refractivity contribution in [2.24, 2.45) is 0 Å². The first-order chi connectivity index (χ1) is 15.0. The van der Waals surface area contributed by atoms with Gasteiger partial charge in [0.05, 0.1) is 7.11 Å². The van der Waals surface area contributed by atoms with Crippen LogP contribution in [-0.4, -0.2) is 13.1 Å². The molecule has 160 valence electrons. The van der Waals surface area contributed by atoms with E-state index in [4.69, 9.17) is 9.47 Å². The smallest absolute Gasteiger partial charge is 0.338 e. The predicted molar refractivity (Wildman–Crippen MR) is 127 cm³/mol. The van der Waals surface area contributed by atoms with Gasteiger partial charge in [-0.2, -0.15) is 0 Å². The molecule has 0 saturated carbocycles. The molecule has 3 aromatic rings. The summed E-state index contributed by atoms with van der Waals surface area (Å²) in [6.07, 6.45) is 4.49. The Labute approximate surface area is 185 Å². The van der Waals surface area contributed by atoms with Crippen LogP contribution >= 0.6 is 0 Å². The van der Waals surface area contributed by atoms with Crippen LogP contribution < -0.4 is 9.47 Å². The molecule has 0 heterocycles. The standard InChI is InChI=1S/C28H30O3/c1-20(2)28(29)31-27-18-15-25(19-21(27)3)24-13-9-22(10-14-24)7-5-6-8-23-11-16-26(30-4)17-12-23/h9-19H,1,5-8H2,2-4H3. The highest BCUT2D eigenvalue weighted by Crippen LogP contribution is 2.27. The van der Waals surface area contributed by atoms with Crippen LogP contribution in [0.5, 0.6) is 11.5 Å². The topological polar surface area (TPSA) is 35.5 Å². The molecule has 0 bridgehead atoms. The Hall–Kier alpha value is -3.33. The molecular formula is C28H30O3. The van der Waals surface area contributed by atoms with Crippen molar-refractivity contribution in [3.8, 4) is 22.6 Å². The summed E-state index contributed by atoms with van der Waals surface area (Å²) in [5.41, 5.74) is 6.28. The molecule has 31 heavy (non-hydrogen) atoms. The van der Waals surface area contributed by atoms with Crippen LogP contribution in [0.1, 0.15) is 36.5 Å². The normalized spacial score (nSPS) is 10.5. The lowest BCUT2D eigenvalue weighted by Gasteiger charge is -2.10. The second-order valence-electron chi connectivity index (χ2n) is 7.90. The maximum absolute atomic E-state index is 11.7. The quantitative estimate of drug-likeness (QED) is 0.169. The van der Waals surface area contributed by atoms with Crippen molar-refractivity contribution < 1.29 is 14.3 Å². The summed E-state index contributed by atoms with van der Waals surface area (Å²) >= 11 is 0. The monoisotopic (exact) mass is 414 g/mol. The molecule has 0 aliphatic heterocycles. The van der Waals surface area contributed by atoms with E-state index >= 15 is 0 Å². The largest absolute Gasteiger partial charge is 0.497 e. The molecule has 0 radical (unpaired) electrons. The predicted octanol–water partition coefficient (Wildman–Crippen LogP) is 6.72. The molecule has 3 nitrogen and oxygen atoms in total. The minimum atomic E-state index is -0.396. The van der Waals surface area contributed by atoms with E-state index in [0.717, 1.165) is 48.1 Å². The summed E-state index contributed by atoms with van der Waals surface area (Å²) in [6.45, 7) is 7.22. The van der Waals surface area contributed by atoms with Crippen LogP contribution in [0.3, 0.4) is 0 Å². The van der Waals surface area contributed by atoms with E-state index in [1.807, 2.05) is 37.3 Å². The van der Waals surface area contributed by atoms with Crippen molar-refractivity contribution in [2.75, 3.05) is 7.11 Å². The first kappa shape index (κ1) is 22.4. The van der Waals surface area contributed by atoms with Gasteiger partial charge >= 0.3 is 5.97 Å². The number of aryl methyl sites for hydroxylation is 3. The molecular weight excluding hydrogens is 384 g/mol. The highest BCUT2D eigenvalue weighted by Gasteiger charge is 2.09. The van der Waals surface area contributed by atoms with Crippen LogP contribution in [0.4, 0.5) is 0 Å².